The maximum absolute atomic E-state index is 11.2. The SMILES string of the molecule is CCCCNC(=O)NCC1CCC(=O)N1. The summed E-state index contributed by atoms with van der Waals surface area (Å²) in [6, 6.07) is -0.0426. The van der Waals surface area contributed by atoms with Crippen molar-refractivity contribution in [2.45, 2.75) is 38.6 Å². The highest BCUT2D eigenvalue weighted by atomic mass is 16.2. The highest BCUT2D eigenvalue weighted by molar-refractivity contribution is 5.79. The largest absolute Gasteiger partial charge is 0.352 e. The fraction of sp³-hybridized carbons (Fsp3) is 0.800. The molecule has 1 aliphatic rings. The maximum Gasteiger partial charge on any atom is 0.314 e. The summed E-state index contributed by atoms with van der Waals surface area (Å²) < 4.78 is 0. The van der Waals surface area contributed by atoms with Gasteiger partial charge in [-0.1, -0.05) is 13.3 Å². The Balaban J connectivity index is 2.03. The topological polar surface area (TPSA) is 70.2 Å². The van der Waals surface area contributed by atoms with Gasteiger partial charge in [0.25, 0.3) is 0 Å². The number of carbonyl (C=O) groups is 2. The van der Waals surface area contributed by atoms with Crippen molar-refractivity contribution in [3.63, 3.8) is 0 Å². The van der Waals surface area contributed by atoms with E-state index in [4.69, 9.17) is 0 Å². The van der Waals surface area contributed by atoms with Gasteiger partial charge in [-0.15, -0.1) is 0 Å². The van der Waals surface area contributed by atoms with Crippen LogP contribution in [0.1, 0.15) is 32.6 Å². The number of hydrogen-bond acceptors (Lipinski definition) is 2. The van der Waals surface area contributed by atoms with Crippen LogP contribution in [0.25, 0.3) is 0 Å². The molecule has 5 nitrogen and oxygen atoms in total. The molecule has 0 aromatic heterocycles. The summed E-state index contributed by atoms with van der Waals surface area (Å²) in [5.74, 6) is 0.0770. The van der Waals surface area contributed by atoms with Gasteiger partial charge in [-0.05, 0) is 12.8 Å². The highest BCUT2D eigenvalue weighted by Gasteiger charge is 2.20. The van der Waals surface area contributed by atoms with Gasteiger partial charge in [-0.2, -0.15) is 0 Å². The third-order valence-electron chi connectivity index (χ3n) is 2.41. The second-order valence-electron chi connectivity index (χ2n) is 3.79. The van der Waals surface area contributed by atoms with Crippen molar-refractivity contribution in [2.75, 3.05) is 13.1 Å². The van der Waals surface area contributed by atoms with Crippen molar-refractivity contribution in [1.29, 1.82) is 0 Å². The Bertz CT molecular complexity index is 231. The molecule has 1 rings (SSSR count). The Hall–Kier alpha value is -1.26. The van der Waals surface area contributed by atoms with Crippen molar-refractivity contribution in [1.82, 2.24) is 16.0 Å². The lowest BCUT2D eigenvalue weighted by molar-refractivity contribution is -0.119. The predicted molar refractivity (Wildman–Crippen MR) is 57.5 cm³/mol. The summed E-state index contributed by atoms with van der Waals surface area (Å²) in [6.07, 6.45) is 3.45. The fourth-order valence-corrected chi connectivity index (χ4v) is 1.49. The summed E-state index contributed by atoms with van der Waals surface area (Å²) in [5, 5.41) is 8.29. The van der Waals surface area contributed by atoms with Gasteiger partial charge in [0.1, 0.15) is 0 Å². The van der Waals surface area contributed by atoms with Crippen molar-refractivity contribution in [2.24, 2.45) is 0 Å². The molecule has 1 fully saturated rings. The van der Waals surface area contributed by atoms with Crippen LogP contribution in [0.2, 0.25) is 0 Å². The second kappa shape index (κ2) is 6.27. The van der Waals surface area contributed by atoms with Gasteiger partial charge in [0.15, 0.2) is 0 Å². The molecule has 1 unspecified atom stereocenters. The molecule has 1 saturated heterocycles. The number of carbonyl (C=O) groups excluding carboxylic acids is 2. The van der Waals surface area contributed by atoms with E-state index in [9.17, 15) is 9.59 Å². The van der Waals surface area contributed by atoms with Gasteiger partial charge in [-0.3, -0.25) is 4.79 Å². The molecule has 0 saturated carbocycles. The van der Waals surface area contributed by atoms with E-state index in [-0.39, 0.29) is 18.0 Å². The Morgan fingerprint density at radius 3 is 2.93 bits per heavy atom. The van der Waals surface area contributed by atoms with Gasteiger partial charge in [0, 0.05) is 25.6 Å². The smallest absolute Gasteiger partial charge is 0.314 e. The van der Waals surface area contributed by atoms with Gasteiger partial charge in [-0.25, -0.2) is 4.79 Å². The molecule has 3 N–H and O–H groups in total. The molecular formula is C10H19N3O2. The summed E-state index contributed by atoms with van der Waals surface area (Å²) in [6.45, 7) is 3.30. The molecule has 5 heteroatoms. The molecular weight excluding hydrogens is 194 g/mol. The number of rotatable bonds is 5. The van der Waals surface area contributed by atoms with Crippen molar-refractivity contribution >= 4 is 11.9 Å². The molecule has 0 aliphatic carbocycles. The average Bonchev–Trinajstić information content (AvgIpc) is 2.62. The normalized spacial score (nSPS) is 19.8. The van der Waals surface area contributed by atoms with E-state index >= 15 is 0 Å². The summed E-state index contributed by atoms with van der Waals surface area (Å²) in [4.78, 5) is 22.1. The maximum atomic E-state index is 11.2. The van der Waals surface area contributed by atoms with Crippen molar-refractivity contribution in [3.05, 3.63) is 0 Å². The van der Waals surface area contributed by atoms with E-state index in [0.29, 0.717) is 19.5 Å². The van der Waals surface area contributed by atoms with Crippen LogP contribution >= 0.6 is 0 Å². The lowest BCUT2D eigenvalue weighted by Gasteiger charge is -2.11. The van der Waals surface area contributed by atoms with E-state index in [2.05, 4.69) is 22.9 Å². The third-order valence-corrected chi connectivity index (χ3v) is 2.41. The minimum atomic E-state index is -0.149. The zero-order valence-electron chi connectivity index (χ0n) is 9.14. The van der Waals surface area contributed by atoms with Gasteiger partial charge in [0.05, 0.1) is 0 Å². The molecule has 0 radical (unpaired) electrons. The predicted octanol–water partition coefficient (Wildman–Crippen LogP) is 0.364. The molecule has 0 bridgehead atoms. The first kappa shape index (κ1) is 11.8. The molecule has 15 heavy (non-hydrogen) atoms. The van der Waals surface area contributed by atoms with Crippen LogP contribution in [-0.4, -0.2) is 31.1 Å². The molecule has 86 valence electrons. The van der Waals surface area contributed by atoms with Crippen LogP contribution in [0, 0.1) is 0 Å². The van der Waals surface area contributed by atoms with Gasteiger partial charge < -0.3 is 16.0 Å². The standard InChI is InChI=1S/C10H19N3O2/c1-2-3-6-11-10(15)12-7-8-4-5-9(14)13-8/h8H,2-7H2,1H3,(H,13,14)(H2,11,12,15). The zero-order valence-corrected chi connectivity index (χ0v) is 9.14. The summed E-state index contributed by atoms with van der Waals surface area (Å²) in [7, 11) is 0. The first-order valence-corrected chi connectivity index (χ1v) is 5.53. The first-order chi connectivity index (χ1) is 7.22. The minimum absolute atomic E-state index is 0.0770. The van der Waals surface area contributed by atoms with Crippen LogP contribution in [0.5, 0.6) is 0 Å². The minimum Gasteiger partial charge on any atom is -0.352 e. The van der Waals surface area contributed by atoms with Crippen LogP contribution in [0.4, 0.5) is 4.79 Å². The van der Waals surface area contributed by atoms with E-state index in [1.165, 1.54) is 0 Å². The summed E-state index contributed by atoms with van der Waals surface area (Å²) in [5.41, 5.74) is 0. The van der Waals surface area contributed by atoms with Crippen molar-refractivity contribution < 1.29 is 9.59 Å². The number of unbranched alkanes of at least 4 members (excludes halogenated alkanes) is 1. The van der Waals surface area contributed by atoms with E-state index < -0.39 is 0 Å². The third kappa shape index (κ3) is 4.67. The molecule has 0 spiro atoms. The van der Waals surface area contributed by atoms with Crippen LogP contribution in [0.3, 0.4) is 0 Å². The Labute approximate surface area is 90.0 Å². The average molecular weight is 213 g/mol. The molecule has 1 atom stereocenters. The number of amides is 3. The Morgan fingerprint density at radius 1 is 1.53 bits per heavy atom. The monoisotopic (exact) mass is 213 g/mol. The Kier molecular flexibility index (Phi) is 4.93. The van der Waals surface area contributed by atoms with Gasteiger partial charge >= 0.3 is 6.03 Å². The van der Waals surface area contributed by atoms with Gasteiger partial charge in [0.2, 0.25) is 5.91 Å². The van der Waals surface area contributed by atoms with E-state index in [1.807, 2.05) is 0 Å². The number of hydrogen-bond donors (Lipinski definition) is 3. The lowest BCUT2D eigenvalue weighted by atomic mass is 10.2. The lowest BCUT2D eigenvalue weighted by Crippen LogP contribution is -2.43. The van der Waals surface area contributed by atoms with E-state index in [1.54, 1.807) is 0 Å². The quantitative estimate of drug-likeness (QED) is 0.577. The molecule has 1 aliphatic heterocycles. The first-order valence-electron chi connectivity index (χ1n) is 5.53. The van der Waals surface area contributed by atoms with E-state index in [0.717, 1.165) is 19.3 Å². The Morgan fingerprint density at radius 2 is 2.33 bits per heavy atom. The number of nitrogens with one attached hydrogen (secondary N) is 3. The molecule has 0 aromatic carbocycles. The summed E-state index contributed by atoms with van der Waals surface area (Å²) >= 11 is 0. The van der Waals surface area contributed by atoms with Crippen LogP contribution < -0.4 is 16.0 Å². The fourth-order valence-electron chi connectivity index (χ4n) is 1.49. The highest BCUT2D eigenvalue weighted by Crippen LogP contribution is 2.04. The molecule has 0 aromatic rings. The van der Waals surface area contributed by atoms with Crippen molar-refractivity contribution in [3.8, 4) is 0 Å². The number of urea groups is 1. The van der Waals surface area contributed by atoms with Crippen LogP contribution in [-0.2, 0) is 4.79 Å². The zero-order chi connectivity index (χ0) is 11.1. The molecule has 1 heterocycles. The van der Waals surface area contributed by atoms with Crippen LogP contribution in [0.15, 0.2) is 0 Å². The second-order valence-corrected chi connectivity index (χ2v) is 3.79. The molecule has 3 amide bonds.